The molecule has 0 saturated carbocycles. The van der Waals surface area contributed by atoms with Crippen LogP contribution in [0.5, 0.6) is 0 Å². The number of hydrogen-bond donors (Lipinski definition) is 1. The highest BCUT2D eigenvalue weighted by molar-refractivity contribution is 7.89. The summed E-state index contributed by atoms with van der Waals surface area (Å²) >= 11 is 0. The molecule has 3 saturated heterocycles. The molecule has 7 rings (SSSR count). The zero-order chi connectivity index (χ0) is 32.9. The Morgan fingerprint density at radius 3 is 2.30 bits per heavy atom. The van der Waals surface area contributed by atoms with E-state index in [0.717, 1.165) is 69.2 Å². The van der Waals surface area contributed by atoms with E-state index in [4.69, 9.17) is 4.98 Å². The molecule has 3 aliphatic rings. The number of carbonyl (C=O) groups excluding carboxylic acids is 1. The SMILES string of the molecule is CNS(=O)(=O)c1cc(C(=O)N2CCC(CCN3[C@@H]4CC[C@H]3C[C@@H](n3c(C)nc5ccccc53)C4)(c3ccccc3)CC2)cc(F)c1F. The number of rotatable bonds is 8. The summed E-state index contributed by atoms with van der Waals surface area (Å²) in [5.74, 6) is -2.28. The van der Waals surface area contributed by atoms with Gasteiger partial charge in [-0.3, -0.25) is 9.69 Å². The zero-order valence-corrected chi connectivity index (χ0v) is 27.6. The highest BCUT2D eigenvalue weighted by atomic mass is 32.2. The van der Waals surface area contributed by atoms with Crippen LogP contribution in [0, 0.1) is 18.6 Å². The first-order valence-electron chi connectivity index (χ1n) is 16.6. The first kappa shape index (κ1) is 31.9. The number of halogens is 2. The van der Waals surface area contributed by atoms with E-state index in [0.29, 0.717) is 31.2 Å². The molecule has 0 unspecified atom stereocenters. The van der Waals surface area contributed by atoms with Crippen LogP contribution in [0.3, 0.4) is 0 Å². The molecule has 0 aliphatic carbocycles. The third-order valence-corrected chi connectivity index (χ3v) is 12.5. The quantitative estimate of drug-likeness (QED) is 0.252. The average molecular weight is 662 g/mol. The number of aromatic nitrogens is 2. The number of fused-ring (bicyclic) bond motifs is 3. The Morgan fingerprint density at radius 2 is 1.62 bits per heavy atom. The van der Waals surface area contributed by atoms with E-state index in [2.05, 4.69) is 58.9 Å². The Kier molecular flexibility index (Phi) is 8.42. The molecular weight excluding hydrogens is 620 g/mol. The number of likely N-dealkylation sites (tertiary alicyclic amines) is 1. The number of nitrogens with one attached hydrogen (secondary N) is 1. The van der Waals surface area contributed by atoms with Gasteiger partial charge in [-0.15, -0.1) is 0 Å². The van der Waals surface area contributed by atoms with Gasteiger partial charge in [0.1, 0.15) is 10.7 Å². The summed E-state index contributed by atoms with van der Waals surface area (Å²) in [7, 11) is -3.17. The van der Waals surface area contributed by atoms with Crippen LogP contribution in [0.4, 0.5) is 8.78 Å². The fourth-order valence-electron chi connectivity index (χ4n) is 8.58. The van der Waals surface area contributed by atoms with Crippen LogP contribution in [0.15, 0.2) is 71.6 Å². The van der Waals surface area contributed by atoms with E-state index < -0.39 is 32.5 Å². The van der Waals surface area contributed by atoms with Gasteiger partial charge in [0, 0.05) is 36.8 Å². The first-order chi connectivity index (χ1) is 22.6. The molecule has 0 spiro atoms. The number of sulfonamides is 1. The lowest BCUT2D eigenvalue weighted by atomic mass is 9.70. The monoisotopic (exact) mass is 661 g/mol. The number of benzene rings is 3. The number of nitrogens with zero attached hydrogens (tertiary/aromatic N) is 4. The summed E-state index contributed by atoms with van der Waals surface area (Å²) in [6.07, 6.45) is 7.02. The van der Waals surface area contributed by atoms with E-state index in [9.17, 15) is 22.0 Å². The highest BCUT2D eigenvalue weighted by Gasteiger charge is 2.44. The normalized spacial score (nSPS) is 23.0. The molecule has 11 heteroatoms. The van der Waals surface area contributed by atoms with Crippen molar-refractivity contribution in [2.75, 3.05) is 26.7 Å². The van der Waals surface area contributed by atoms with Crippen molar-refractivity contribution >= 4 is 27.0 Å². The number of piperidine rings is 2. The average Bonchev–Trinajstić information content (AvgIpc) is 3.55. The fourth-order valence-corrected chi connectivity index (χ4v) is 9.41. The van der Waals surface area contributed by atoms with Crippen LogP contribution in [0.25, 0.3) is 11.0 Å². The molecule has 3 atom stereocenters. The number of aryl methyl sites for hydroxylation is 1. The fraction of sp³-hybridized carbons (Fsp3) is 0.444. The van der Waals surface area contributed by atoms with Gasteiger partial charge in [-0.05, 0) is 101 Å². The Balaban J connectivity index is 1.07. The van der Waals surface area contributed by atoms with Crippen LogP contribution in [-0.4, -0.2) is 72.4 Å². The summed E-state index contributed by atoms with van der Waals surface area (Å²) in [5, 5.41) is 0. The molecule has 1 aromatic heterocycles. The second-order valence-electron chi connectivity index (χ2n) is 13.4. The second kappa shape index (κ2) is 12.4. The van der Waals surface area contributed by atoms with Crippen molar-refractivity contribution in [3.05, 3.63) is 95.3 Å². The van der Waals surface area contributed by atoms with E-state index in [1.54, 1.807) is 4.90 Å². The van der Waals surface area contributed by atoms with Crippen molar-refractivity contribution in [3.8, 4) is 0 Å². The minimum atomic E-state index is -4.29. The van der Waals surface area contributed by atoms with Crippen molar-refractivity contribution in [2.24, 2.45) is 0 Å². The summed E-state index contributed by atoms with van der Waals surface area (Å²) in [4.78, 5) is 21.9. The van der Waals surface area contributed by atoms with Gasteiger partial charge in [0.15, 0.2) is 11.6 Å². The number of hydrogen-bond acceptors (Lipinski definition) is 5. The van der Waals surface area contributed by atoms with Gasteiger partial charge in [0.2, 0.25) is 10.0 Å². The number of para-hydroxylation sites is 2. The molecule has 47 heavy (non-hydrogen) atoms. The molecule has 1 amide bonds. The van der Waals surface area contributed by atoms with Crippen molar-refractivity contribution in [1.29, 1.82) is 0 Å². The lowest BCUT2D eigenvalue weighted by Gasteiger charge is -2.45. The minimum Gasteiger partial charge on any atom is -0.339 e. The zero-order valence-electron chi connectivity index (χ0n) is 26.8. The Hall–Kier alpha value is -3.67. The van der Waals surface area contributed by atoms with Crippen molar-refractivity contribution < 1.29 is 22.0 Å². The van der Waals surface area contributed by atoms with E-state index >= 15 is 0 Å². The van der Waals surface area contributed by atoms with Crippen molar-refractivity contribution in [3.63, 3.8) is 0 Å². The van der Waals surface area contributed by atoms with Gasteiger partial charge in [-0.25, -0.2) is 26.9 Å². The lowest BCUT2D eigenvalue weighted by molar-refractivity contribution is 0.0606. The number of imidazole rings is 1. The van der Waals surface area contributed by atoms with Gasteiger partial charge in [-0.1, -0.05) is 42.5 Å². The van der Waals surface area contributed by atoms with Crippen molar-refractivity contribution in [2.45, 2.75) is 80.3 Å². The molecule has 1 N–H and O–H groups in total. The molecule has 4 aromatic rings. The maximum atomic E-state index is 14.5. The maximum Gasteiger partial charge on any atom is 0.254 e. The lowest BCUT2D eigenvalue weighted by Crippen LogP contribution is -2.49. The molecule has 0 radical (unpaired) electrons. The van der Waals surface area contributed by atoms with Crippen LogP contribution >= 0.6 is 0 Å². The summed E-state index contributed by atoms with van der Waals surface area (Å²) < 4.78 is 58.0. The maximum absolute atomic E-state index is 14.5. The van der Waals surface area contributed by atoms with Gasteiger partial charge < -0.3 is 9.47 Å². The standard InChI is InChI=1S/C36H41F2N5O3S/c1-24-40-31-10-6-7-11-32(31)43(24)29-22-27-12-13-28(23-29)42(27)19-16-36(26-8-4-3-5-9-26)14-17-41(18-15-36)35(44)25-20-30(37)34(38)33(21-25)47(45,46)39-2/h3-11,20-21,27-29,39H,12-19,22-23H2,1-2H3/t27-,28+,29+. The summed E-state index contributed by atoms with van der Waals surface area (Å²) in [6.45, 7) is 3.96. The second-order valence-corrected chi connectivity index (χ2v) is 15.3. The van der Waals surface area contributed by atoms with Crippen molar-refractivity contribution in [1.82, 2.24) is 24.1 Å². The molecular formula is C36H41F2N5O3S. The molecule has 3 aromatic carbocycles. The van der Waals surface area contributed by atoms with Gasteiger partial charge in [-0.2, -0.15) is 0 Å². The molecule has 248 valence electrons. The molecule has 3 fully saturated rings. The molecule has 8 nitrogen and oxygen atoms in total. The summed E-state index contributed by atoms with van der Waals surface area (Å²) in [6, 6.07) is 22.1. The topological polar surface area (TPSA) is 87.5 Å². The van der Waals surface area contributed by atoms with E-state index in [1.165, 1.54) is 23.9 Å². The highest BCUT2D eigenvalue weighted by Crippen LogP contribution is 2.45. The predicted octanol–water partition coefficient (Wildman–Crippen LogP) is 5.96. The smallest absolute Gasteiger partial charge is 0.254 e. The Bertz CT molecular complexity index is 1890. The molecule has 3 aliphatic heterocycles. The number of carbonyl (C=O) groups is 1. The Morgan fingerprint density at radius 1 is 0.957 bits per heavy atom. The Labute approximate surface area is 274 Å². The third kappa shape index (κ3) is 5.76. The van der Waals surface area contributed by atoms with E-state index in [1.807, 2.05) is 16.9 Å². The van der Waals surface area contributed by atoms with Crippen LogP contribution in [0.2, 0.25) is 0 Å². The van der Waals surface area contributed by atoms with Crippen LogP contribution < -0.4 is 4.72 Å². The van der Waals surface area contributed by atoms with Gasteiger partial charge in [0.05, 0.1) is 11.0 Å². The summed E-state index contributed by atoms with van der Waals surface area (Å²) in [5.41, 5.74) is 3.22. The van der Waals surface area contributed by atoms with Gasteiger partial charge in [0.25, 0.3) is 5.91 Å². The number of amides is 1. The van der Waals surface area contributed by atoms with Crippen LogP contribution in [0.1, 0.15) is 72.7 Å². The first-order valence-corrected chi connectivity index (χ1v) is 18.1. The largest absolute Gasteiger partial charge is 0.339 e. The van der Waals surface area contributed by atoms with E-state index in [-0.39, 0.29) is 11.0 Å². The predicted molar refractivity (Wildman–Crippen MR) is 177 cm³/mol. The molecule has 2 bridgehead atoms. The van der Waals surface area contributed by atoms with Gasteiger partial charge >= 0.3 is 0 Å². The minimum absolute atomic E-state index is 0.139. The third-order valence-electron chi connectivity index (χ3n) is 11.0. The molecule has 4 heterocycles. The van der Waals surface area contributed by atoms with Crippen LogP contribution in [-0.2, 0) is 15.4 Å².